The van der Waals surface area contributed by atoms with Gasteiger partial charge in [-0.05, 0) is 20.1 Å². The number of rotatable bonds is 3. The first-order valence-electron chi connectivity index (χ1n) is 2.72. The summed E-state index contributed by atoms with van der Waals surface area (Å²) in [6.07, 6.45) is 1.31. The molecule has 0 aliphatic carbocycles. The summed E-state index contributed by atoms with van der Waals surface area (Å²) in [6.45, 7) is 4.42. The van der Waals surface area contributed by atoms with Crippen LogP contribution in [0.15, 0.2) is 0 Å². The fourth-order valence-corrected chi connectivity index (χ4v) is 1.22. The minimum absolute atomic E-state index is 0.727. The summed E-state index contributed by atoms with van der Waals surface area (Å²) in [7, 11) is 3.08. The van der Waals surface area contributed by atoms with Crippen LogP contribution in [0.1, 0.15) is 13.8 Å². The van der Waals surface area contributed by atoms with Crippen molar-refractivity contribution in [3.05, 3.63) is 0 Å². The minimum atomic E-state index is 0.727. The summed E-state index contributed by atoms with van der Waals surface area (Å²) in [5, 5.41) is 3.18. The summed E-state index contributed by atoms with van der Waals surface area (Å²) in [5.41, 5.74) is 0. The van der Waals surface area contributed by atoms with Crippen molar-refractivity contribution in [3.63, 3.8) is 0 Å². The zero-order valence-electron chi connectivity index (χ0n) is 5.28. The molecule has 2 unspecified atom stereocenters. The Balaban J connectivity index is 2.83. The van der Waals surface area contributed by atoms with E-state index < -0.39 is 0 Å². The van der Waals surface area contributed by atoms with Gasteiger partial charge in [0.05, 0.1) is 0 Å². The average molecular weight is 119 g/mol. The lowest BCUT2D eigenvalue weighted by Gasteiger charge is -2.05. The maximum atomic E-state index is 3.18. The van der Waals surface area contributed by atoms with Crippen molar-refractivity contribution < 1.29 is 0 Å². The lowest BCUT2D eigenvalue weighted by atomic mass is 10.8. The van der Waals surface area contributed by atoms with Crippen LogP contribution in [0.4, 0.5) is 0 Å². The Kier molecular flexibility index (Phi) is 4.80. The van der Waals surface area contributed by atoms with Crippen LogP contribution in [-0.4, -0.2) is 19.0 Å². The van der Waals surface area contributed by atoms with Crippen LogP contribution in [0.2, 0.25) is 0 Å². The van der Waals surface area contributed by atoms with Crippen molar-refractivity contribution in [2.45, 2.75) is 19.6 Å². The predicted molar refractivity (Wildman–Crippen MR) is 37.4 cm³/mol. The number of hydrogen-bond acceptors (Lipinski definition) is 1. The molecule has 44 valence electrons. The van der Waals surface area contributed by atoms with Gasteiger partial charge < -0.3 is 5.32 Å². The molecule has 1 nitrogen and oxygen atoms in total. The zero-order valence-corrected chi connectivity index (χ0v) is 6.28. The molecule has 0 radical (unpaired) electrons. The highest BCUT2D eigenvalue weighted by Crippen LogP contribution is 2.12. The Labute approximate surface area is 47.7 Å². The molecule has 0 aliphatic rings. The number of nitrogens with one attached hydrogen (secondary N) is 1. The molecule has 0 rings (SSSR count). The van der Waals surface area contributed by atoms with Crippen LogP contribution in [0.5, 0.6) is 0 Å². The highest BCUT2D eigenvalue weighted by Gasteiger charge is 1.90. The van der Waals surface area contributed by atoms with E-state index in [1.54, 1.807) is 0 Å². The van der Waals surface area contributed by atoms with Crippen LogP contribution >= 0.6 is 8.58 Å². The first-order chi connectivity index (χ1) is 3.31. The highest BCUT2D eigenvalue weighted by atomic mass is 31.1. The Bertz CT molecular complexity index is 39.1. The maximum absolute atomic E-state index is 3.18. The van der Waals surface area contributed by atoms with Crippen molar-refractivity contribution in [1.29, 1.82) is 0 Å². The molecule has 2 atom stereocenters. The van der Waals surface area contributed by atoms with Crippen molar-refractivity contribution in [2.75, 3.05) is 13.2 Å². The number of hydrogen-bond donors (Lipinski definition) is 1. The van der Waals surface area contributed by atoms with Crippen molar-refractivity contribution >= 4 is 8.58 Å². The van der Waals surface area contributed by atoms with Gasteiger partial charge in [-0.1, -0.05) is 6.92 Å². The lowest BCUT2D eigenvalue weighted by molar-refractivity contribution is 0.800. The smallest absolute Gasteiger partial charge is 0.0208 e. The van der Waals surface area contributed by atoms with Gasteiger partial charge in [0.1, 0.15) is 0 Å². The monoisotopic (exact) mass is 119 g/mol. The zero-order chi connectivity index (χ0) is 5.70. The Morgan fingerprint density at radius 2 is 2.29 bits per heavy atom. The van der Waals surface area contributed by atoms with E-state index in [-0.39, 0.29) is 0 Å². The van der Waals surface area contributed by atoms with Crippen LogP contribution < -0.4 is 5.32 Å². The van der Waals surface area contributed by atoms with Gasteiger partial charge in [0.25, 0.3) is 0 Å². The summed E-state index contributed by atoms with van der Waals surface area (Å²) in [4.78, 5) is 0. The van der Waals surface area contributed by atoms with Crippen molar-refractivity contribution in [3.8, 4) is 0 Å². The fraction of sp³-hybridized carbons (Fsp3) is 1.00. The summed E-state index contributed by atoms with van der Waals surface area (Å²) < 4.78 is 0. The fourth-order valence-electron chi connectivity index (χ4n) is 0.408. The summed E-state index contributed by atoms with van der Waals surface area (Å²) in [6, 6.07) is 0. The van der Waals surface area contributed by atoms with Crippen molar-refractivity contribution in [1.82, 2.24) is 5.32 Å². The molecule has 0 spiro atoms. The van der Waals surface area contributed by atoms with Crippen LogP contribution in [0.3, 0.4) is 0 Å². The molecule has 0 fully saturated rings. The van der Waals surface area contributed by atoms with Crippen molar-refractivity contribution in [2.24, 2.45) is 0 Å². The molecule has 2 heteroatoms. The van der Waals surface area contributed by atoms with E-state index in [0.29, 0.717) is 0 Å². The Hall–Kier alpha value is 0.390. The molecule has 0 bridgehead atoms. The minimum Gasteiger partial charge on any atom is -0.314 e. The second kappa shape index (κ2) is 4.55. The standard InChI is InChI=1S/C5H14NP/c1-4-7-5(2)6-3/h5-7H,4H2,1-3H3. The van der Waals surface area contributed by atoms with Gasteiger partial charge >= 0.3 is 0 Å². The topological polar surface area (TPSA) is 12.0 Å². The average Bonchev–Trinajstić information content (AvgIpc) is 1.68. The van der Waals surface area contributed by atoms with Crippen LogP contribution in [-0.2, 0) is 0 Å². The van der Waals surface area contributed by atoms with E-state index >= 15 is 0 Å². The molecule has 0 aromatic heterocycles. The van der Waals surface area contributed by atoms with Gasteiger partial charge in [0, 0.05) is 5.78 Å². The molecular formula is C5H14NP. The molecule has 0 amide bonds. The molecule has 0 saturated carbocycles. The molecule has 0 heterocycles. The second-order valence-corrected chi connectivity index (χ2v) is 3.55. The molecular weight excluding hydrogens is 105 g/mol. The SMILES string of the molecule is CCPC(C)NC. The molecule has 7 heavy (non-hydrogen) atoms. The van der Waals surface area contributed by atoms with E-state index in [9.17, 15) is 0 Å². The van der Waals surface area contributed by atoms with Gasteiger partial charge in [-0.25, -0.2) is 0 Å². The summed E-state index contributed by atoms with van der Waals surface area (Å²) in [5.74, 6) is 0.727. The van der Waals surface area contributed by atoms with Gasteiger partial charge in [0.15, 0.2) is 0 Å². The van der Waals surface area contributed by atoms with E-state index in [1.165, 1.54) is 6.16 Å². The largest absolute Gasteiger partial charge is 0.314 e. The molecule has 0 saturated heterocycles. The third-order valence-electron chi connectivity index (χ3n) is 0.943. The maximum Gasteiger partial charge on any atom is 0.0208 e. The molecule has 0 aromatic rings. The van der Waals surface area contributed by atoms with E-state index in [2.05, 4.69) is 19.2 Å². The van der Waals surface area contributed by atoms with Gasteiger partial charge in [-0.3, -0.25) is 0 Å². The van der Waals surface area contributed by atoms with E-state index in [4.69, 9.17) is 0 Å². The van der Waals surface area contributed by atoms with Crippen LogP contribution in [0, 0.1) is 0 Å². The third-order valence-corrected chi connectivity index (χ3v) is 2.25. The first-order valence-corrected chi connectivity index (χ1v) is 4.00. The lowest BCUT2D eigenvalue weighted by Crippen LogP contribution is -2.15. The molecule has 0 aliphatic heterocycles. The molecule has 0 aromatic carbocycles. The third kappa shape index (κ3) is 4.24. The predicted octanol–water partition coefficient (Wildman–Crippen LogP) is 1.25. The van der Waals surface area contributed by atoms with Crippen LogP contribution in [0.25, 0.3) is 0 Å². The highest BCUT2D eigenvalue weighted by molar-refractivity contribution is 7.38. The Morgan fingerprint density at radius 1 is 1.71 bits per heavy atom. The normalized spacial score (nSPS) is 15.9. The van der Waals surface area contributed by atoms with E-state index in [1.807, 2.05) is 7.05 Å². The van der Waals surface area contributed by atoms with Gasteiger partial charge in [-0.2, -0.15) is 0 Å². The van der Waals surface area contributed by atoms with Gasteiger partial charge in [0.2, 0.25) is 0 Å². The second-order valence-electron chi connectivity index (χ2n) is 1.57. The van der Waals surface area contributed by atoms with E-state index in [0.717, 1.165) is 14.4 Å². The molecule has 1 N–H and O–H groups in total. The first kappa shape index (κ1) is 7.39. The van der Waals surface area contributed by atoms with Gasteiger partial charge in [-0.15, -0.1) is 8.58 Å². The summed E-state index contributed by atoms with van der Waals surface area (Å²) >= 11 is 0. The quantitative estimate of drug-likeness (QED) is 0.551. The Morgan fingerprint density at radius 3 is 2.43 bits per heavy atom.